The Morgan fingerprint density at radius 2 is 0.527 bits per heavy atom. The number of hydrogen-bond acceptors (Lipinski definition) is 6. The fourth-order valence-corrected chi connectivity index (χ4v) is 8.61. The van der Waals surface area contributed by atoms with Crippen LogP contribution in [0.15, 0.2) is 97.2 Å². The Labute approximate surface area is 457 Å². The molecule has 0 aromatic heterocycles. The standard InChI is InChI=1S/C68H116O6/c1-4-7-10-13-16-19-22-25-28-31-32-33-34-35-36-38-40-43-46-49-52-55-58-61-67(70)73-64-65(63-72-66(69)60-57-54-51-48-45-42-39-30-27-24-21-18-15-12-9-6-3)74-68(71)62-59-56-53-50-47-44-41-37-29-26-23-20-17-14-11-8-5-2/h8,11,17,20,22,25-26,29-32,34-35,39,41,44,65H,4-7,9-10,12-16,18-19,21,23-24,27-28,33,36-38,40,42-43,45-64H2,1-3H3/b11-8-,20-17-,25-22-,29-26-,32-31-,35-34-,39-30-,44-41-. The van der Waals surface area contributed by atoms with Gasteiger partial charge in [-0.1, -0.05) is 253 Å². The van der Waals surface area contributed by atoms with Crippen molar-refractivity contribution in [3.05, 3.63) is 97.2 Å². The van der Waals surface area contributed by atoms with Gasteiger partial charge in [0.2, 0.25) is 0 Å². The second kappa shape index (κ2) is 61.9. The van der Waals surface area contributed by atoms with Gasteiger partial charge in [-0.25, -0.2) is 0 Å². The largest absolute Gasteiger partial charge is 0.462 e. The Morgan fingerprint density at radius 3 is 0.838 bits per heavy atom. The lowest BCUT2D eigenvalue weighted by atomic mass is 10.1. The number of allylic oxidation sites excluding steroid dienone is 16. The normalized spacial score (nSPS) is 12.7. The number of hydrogen-bond donors (Lipinski definition) is 0. The first kappa shape index (κ1) is 70.3. The third-order valence-electron chi connectivity index (χ3n) is 13.3. The zero-order valence-electron chi connectivity index (χ0n) is 48.6. The van der Waals surface area contributed by atoms with Crippen LogP contribution in [0.5, 0.6) is 0 Å². The molecule has 424 valence electrons. The summed E-state index contributed by atoms with van der Waals surface area (Å²) in [5, 5.41) is 0. The molecule has 0 aliphatic rings. The Bertz CT molecular complexity index is 1460. The Balaban J connectivity index is 4.42. The van der Waals surface area contributed by atoms with E-state index in [0.717, 1.165) is 122 Å². The quantitative estimate of drug-likeness (QED) is 0.0261. The summed E-state index contributed by atoms with van der Waals surface area (Å²) in [5.41, 5.74) is 0. The lowest BCUT2D eigenvalue weighted by molar-refractivity contribution is -0.167. The van der Waals surface area contributed by atoms with Crippen LogP contribution < -0.4 is 0 Å². The smallest absolute Gasteiger partial charge is 0.306 e. The lowest BCUT2D eigenvalue weighted by Gasteiger charge is -2.18. The minimum atomic E-state index is -0.799. The molecule has 0 aliphatic carbocycles. The monoisotopic (exact) mass is 1030 g/mol. The maximum Gasteiger partial charge on any atom is 0.306 e. The molecule has 1 atom stereocenters. The van der Waals surface area contributed by atoms with Gasteiger partial charge in [0.25, 0.3) is 0 Å². The van der Waals surface area contributed by atoms with Crippen molar-refractivity contribution in [2.45, 2.75) is 303 Å². The van der Waals surface area contributed by atoms with Gasteiger partial charge in [0, 0.05) is 19.3 Å². The van der Waals surface area contributed by atoms with Gasteiger partial charge in [-0.15, -0.1) is 0 Å². The van der Waals surface area contributed by atoms with Crippen LogP contribution >= 0.6 is 0 Å². The van der Waals surface area contributed by atoms with Crippen molar-refractivity contribution in [1.82, 2.24) is 0 Å². The van der Waals surface area contributed by atoms with Crippen LogP contribution in [0.4, 0.5) is 0 Å². The summed E-state index contributed by atoms with van der Waals surface area (Å²) in [6.07, 6.45) is 82.6. The van der Waals surface area contributed by atoms with Crippen molar-refractivity contribution in [3.8, 4) is 0 Å². The molecule has 74 heavy (non-hydrogen) atoms. The Kier molecular flexibility index (Phi) is 58.8. The highest BCUT2D eigenvalue weighted by molar-refractivity contribution is 5.71. The molecular formula is C68H116O6. The van der Waals surface area contributed by atoms with Gasteiger partial charge in [0.1, 0.15) is 13.2 Å². The molecular weight excluding hydrogens is 913 g/mol. The summed E-state index contributed by atoms with van der Waals surface area (Å²) < 4.78 is 16.9. The summed E-state index contributed by atoms with van der Waals surface area (Å²) in [5.74, 6) is -0.926. The molecule has 0 spiro atoms. The van der Waals surface area contributed by atoms with Crippen molar-refractivity contribution in [2.75, 3.05) is 13.2 Å². The van der Waals surface area contributed by atoms with E-state index >= 15 is 0 Å². The maximum atomic E-state index is 12.9. The molecule has 0 bridgehead atoms. The van der Waals surface area contributed by atoms with Gasteiger partial charge in [-0.2, -0.15) is 0 Å². The molecule has 0 fully saturated rings. The summed E-state index contributed by atoms with van der Waals surface area (Å²) >= 11 is 0. The average molecular weight is 1030 g/mol. The van der Waals surface area contributed by atoms with E-state index in [4.69, 9.17) is 14.2 Å². The van der Waals surface area contributed by atoms with Gasteiger partial charge >= 0.3 is 17.9 Å². The second-order valence-electron chi connectivity index (χ2n) is 20.6. The molecule has 0 aromatic rings. The Hall–Kier alpha value is -3.67. The highest BCUT2D eigenvalue weighted by Crippen LogP contribution is 2.15. The van der Waals surface area contributed by atoms with E-state index in [1.807, 2.05) is 0 Å². The zero-order valence-corrected chi connectivity index (χ0v) is 48.6. The molecule has 1 unspecified atom stereocenters. The molecule has 6 heteroatoms. The third-order valence-corrected chi connectivity index (χ3v) is 13.3. The molecule has 0 saturated carbocycles. The van der Waals surface area contributed by atoms with E-state index in [9.17, 15) is 14.4 Å². The molecule has 0 N–H and O–H groups in total. The first-order valence-corrected chi connectivity index (χ1v) is 31.2. The lowest BCUT2D eigenvalue weighted by Crippen LogP contribution is -2.30. The van der Waals surface area contributed by atoms with Gasteiger partial charge in [-0.3, -0.25) is 14.4 Å². The predicted molar refractivity (Wildman–Crippen MR) is 320 cm³/mol. The van der Waals surface area contributed by atoms with Gasteiger partial charge in [0.15, 0.2) is 6.10 Å². The van der Waals surface area contributed by atoms with Crippen LogP contribution in [0.3, 0.4) is 0 Å². The van der Waals surface area contributed by atoms with Crippen molar-refractivity contribution in [2.24, 2.45) is 0 Å². The second-order valence-corrected chi connectivity index (χ2v) is 20.6. The van der Waals surface area contributed by atoms with Crippen molar-refractivity contribution < 1.29 is 28.6 Å². The van der Waals surface area contributed by atoms with Crippen LogP contribution in [-0.2, 0) is 28.6 Å². The topological polar surface area (TPSA) is 78.9 Å². The highest BCUT2D eigenvalue weighted by atomic mass is 16.6. The number of esters is 3. The van der Waals surface area contributed by atoms with E-state index in [0.29, 0.717) is 19.3 Å². The predicted octanol–water partition coefficient (Wildman–Crippen LogP) is 21.3. The SMILES string of the molecule is CC/C=C\C/C=C\C/C=C\C/C=C\CCCCCCC(=O)OC(COC(=O)CCCCCCC/C=C\CCCCCCCCC)COC(=O)CCCCCCCCCC/C=C\C/C=C\C/C=C\CCCCCCC. The summed E-state index contributed by atoms with van der Waals surface area (Å²) in [6, 6.07) is 0. The highest BCUT2D eigenvalue weighted by Gasteiger charge is 2.19. The van der Waals surface area contributed by atoms with Crippen molar-refractivity contribution in [3.63, 3.8) is 0 Å². The summed E-state index contributed by atoms with van der Waals surface area (Å²) in [6.45, 7) is 6.50. The van der Waals surface area contributed by atoms with Gasteiger partial charge in [-0.05, 0) is 122 Å². The molecule has 0 saturated heterocycles. The van der Waals surface area contributed by atoms with E-state index in [1.54, 1.807) is 0 Å². The van der Waals surface area contributed by atoms with Crippen LogP contribution in [0, 0.1) is 0 Å². The van der Waals surface area contributed by atoms with E-state index < -0.39 is 6.10 Å². The fraction of sp³-hybridized carbons (Fsp3) is 0.721. The van der Waals surface area contributed by atoms with Crippen LogP contribution in [0.25, 0.3) is 0 Å². The van der Waals surface area contributed by atoms with Gasteiger partial charge in [0.05, 0.1) is 0 Å². The number of rotatable bonds is 56. The molecule has 0 amide bonds. The first-order chi connectivity index (χ1) is 36.5. The first-order valence-electron chi connectivity index (χ1n) is 31.2. The minimum absolute atomic E-state index is 0.0942. The van der Waals surface area contributed by atoms with E-state index in [2.05, 4.69) is 118 Å². The number of ether oxygens (including phenoxy) is 3. The fourth-order valence-electron chi connectivity index (χ4n) is 8.61. The number of carbonyl (C=O) groups excluding carboxylic acids is 3. The van der Waals surface area contributed by atoms with Gasteiger partial charge < -0.3 is 14.2 Å². The number of carbonyl (C=O) groups is 3. The zero-order chi connectivity index (χ0) is 53.6. The Morgan fingerprint density at radius 1 is 0.284 bits per heavy atom. The molecule has 0 heterocycles. The van der Waals surface area contributed by atoms with Crippen molar-refractivity contribution >= 4 is 17.9 Å². The molecule has 0 aromatic carbocycles. The van der Waals surface area contributed by atoms with Crippen LogP contribution in [0.1, 0.15) is 297 Å². The number of unbranched alkanes of at least 4 members (excludes halogenated alkanes) is 29. The van der Waals surface area contributed by atoms with Crippen LogP contribution in [0.2, 0.25) is 0 Å². The van der Waals surface area contributed by atoms with E-state index in [1.165, 1.54) is 135 Å². The maximum absolute atomic E-state index is 12.9. The van der Waals surface area contributed by atoms with Crippen molar-refractivity contribution in [1.29, 1.82) is 0 Å². The van der Waals surface area contributed by atoms with E-state index in [-0.39, 0.29) is 31.1 Å². The average Bonchev–Trinajstić information content (AvgIpc) is 3.40. The molecule has 0 aliphatic heterocycles. The van der Waals surface area contributed by atoms with Crippen LogP contribution in [-0.4, -0.2) is 37.2 Å². The molecule has 6 nitrogen and oxygen atoms in total. The molecule has 0 radical (unpaired) electrons. The third kappa shape index (κ3) is 59.2. The minimum Gasteiger partial charge on any atom is -0.462 e. The molecule has 0 rings (SSSR count). The summed E-state index contributed by atoms with van der Waals surface area (Å²) in [7, 11) is 0. The summed E-state index contributed by atoms with van der Waals surface area (Å²) in [4.78, 5) is 38.3.